The third-order valence-electron chi connectivity index (χ3n) is 3.80. The van der Waals surface area contributed by atoms with Crippen molar-refractivity contribution in [1.29, 1.82) is 0 Å². The van der Waals surface area contributed by atoms with Gasteiger partial charge in [0.15, 0.2) is 0 Å². The van der Waals surface area contributed by atoms with E-state index in [9.17, 15) is 4.79 Å². The first-order valence-corrected chi connectivity index (χ1v) is 7.13. The van der Waals surface area contributed by atoms with E-state index in [-0.39, 0.29) is 6.04 Å². The lowest BCUT2D eigenvalue weighted by atomic mass is 10.2. The van der Waals surface area contributed by atoms with Gasteiger partial charge in [0.05, 0.1) is 12.6 Å². The van der Waals surface area contributed by atoms with Crippen molar-refractivity contribution in [1.82, 2.24) is 15.1 Å². The van der Waals surface area contributed by atoms with Gasteiger partial charge in [-0.05, 0) is 26.3 Å². The molecule has 2 heterocycles. The molecule has 1 atom stereocenters. The number of ether oxygens (including phenoxy) is 1. The third kappa shape index (κ3) is 3.67. The van der Waals surface area contributed by atoms with Crippen LogP contribution in [0.3, 0.4) is 0 Å². The lowest BCUT2D eigenvalue weighted by Crippen LogP contribution is -2.53. The summed E-state index contributed by atoms with van der Waals surface area (Å²) in [5, 5.41) is 3.28. The number of hydrogen-bond donors (Lipinski definition) is 1. The molecular formula is C13H25N3O2. The molecule has 2 rings (SSSR count). The summed E-state index contributed by atoms with van der Waals surface area (Å²) in [6.07, 6.45) is 2.13. The zero-order valence-corrected chi connectivity index (χ0v) is 11.4. The average Bonchev–Trinajstić information content (AvgIpc) is 2.93. The third-order valence-corrected chi connectivity index (χ3v) is 3.80. The lowest BCUT2D eigenvalue weighted by molar-refractivity contribution is -0.134. The molecule has 18 heavy (non-hydrogen) atoms. The Hall–Kier alpha value is -0.650. The fourth-order valence-corrected chi connectivity index (χ4v) is 2.65. The smallest absolute Gasteiger partial charge is 0.239 e. The highest BCUT2D eigenvalue weighted by Gasteiger charge is 2.28. The van der Waals surface area contributed by atoms with Crippen molar-refractivity contribution < 1.29 is 9.53 Å². The maximum atomic E-state index is 12.2. The SMILES string of the molecule is CCOCCN1CCN(C(=O)C2CCCN2)CC1. The molecule has 2 aliphatic heterocycles. The van der Waals surface area contributed by atoms with Crippen molar-refractivity contribution in [2.75, 3.05) is 52.5 Å². The van der Waals surface area contributed by atoms with Gasteiger partial charge in [0.1, 0.15) is 0 Å². The number of carbonyl (C=O) groups is 1. The highest BCUT2D eigenvalue weighted by molar-refractivity contribution is 5.82. The van der Waals surface area contributed by atoms with Gasteiger partial charge in [0.2, 0.25) is 5.91 Å². The maximum Gasteiger partial charge on any atom is 0.239 e. The first-order valence-electron chi connectivity index (χ1n) is 7.13. The van der Waals surface area contributed by atoms with E-state index in [0.717, 1.165) is 65.3 Å². The number of carbonyl (C=O) groups excluding carboxylic acids is 1. The Morgan fingerprint density at radius 2 is 2.11 bits per heavy atom. The molecule has 1 amide bonds. The van der Waals surface area contributed by atoms with Crippen molar-refractivity contribution in [2.24, 2.45) is 0 Å². The number of amides is 1. The molecule has 1 unspecified atom stereocenters. The molecule has 2 aliphatic rings. The zero-order valence-electron chi connectivity index (χ0n) is 11.4. The van der Waals surface area contributed by atoms with E-state index >= 15 is 0 Å². The van der Waals surface area contributed by atoms with Gasteiger partial charge in [-0.15, -0.1) is 0 Å². The number of piperazine rings is 1. The standard InChI is InChI=1S/C13H25N3O2/c1-2-18-11-10-15-6-8-16(9-7-15)13(17)12-4-3-5-14-12/h12,14H,2-11H2,1H3. The number of nitrogens with zero attached hydrogens (tertiary/aromatic N) is 2. The molecule has 0 aromatic carbocycles. The molecule has 0 radical (unpaired) electrons. The normalized spacial score (nSPS) is 25.6. The van der Waals surface area contributed by atoms with Crippen molar-refractivity contribution >= 4 is 5.91 Å². The Morgan fingerprint density at radius 1 is 1.33 bits per heavy atom. The van der Waals surface area contributed by atoms with Crippen LogP contribution in [-0.4, -0.2) is 74.2 Å². The summed E-state index contributed by atoms with van der Waals surface area (Å²) in [6, 6.07) is 0.0833. The highest BCUT2D eigenvalue weighted by atomic mass is 16.5. The summed E-state index contributed by atoms with van der Waals surface area (Å²) in [5.41, 5.74) is 0. The van der Waals surface area contributed by atoms with E-state index in [1.165, 1.54) is 0 Å². The van der Waals surface area contributed by atoms with Crippen LogP contribution in [0.4, 0.5) is 0 Å². The fraction of sp³-hybridized carbons (Fsp3) is 0.923. The Balaban J connectivity index is 1.67. The van der Waals surface area contributed by atoms with E-state index < -0.39 is 0 Å². The minimum absolute atomic E-state index is 0.0833. The van der Waals surface area contributed by atoms with Gasteiger partial charge in [0, 0.05) is 39.3 Å². The predicted molar refractivity (Wildman–Crippen MR) is 70.5 cm³/mol. The van der Waals surface area contributed by atoms with Crippen LogP contribution in [0.15, 0.2) is 0 Å². The minimum Gasteiger partial charge on any atom is -0.380 e. The molecule has 0 saturated carbocycles. The van der Waals surface area contributed by atoms with Crippen molar-refractivity contribution in [2.45, 2.75) is 25.8 Å². The molecule has 0 bridgehead atoms. The van der Waals surface area contributed by atoms with E-state index in [2.05, 4.69) is 10.2 Å². The van der Waals surface area contributed by atoms with Gasteiger partial charge in [0.25, 0.3) is 0 Å². The van der Waals surface area contributed by atoms with Gasteiger partial charge in [-0.1, -0.05) is 0 Å². The molecule has 0 aromatic rings. The first kappa shape index (κ1) is 13.8. The number of hydrogen-bond acceptors (Lipinski definition) is 4. The monoisotopic (exact) mass is 255 g/mol. The van der Waals surface area contributed by atoms with Crippen LogP contribution in [0.5, 0.6) is 0 Å². The van der Waals surface area contributed by atoms with Gasteiger partial charge in [-0.3, -0.25) is 9.69 Å². The van der Waals surface area contributed by atoms with Crippen LogP contribution < -0.4 is 5.32 Å². The molecule has 104 valence electrons. The summed E-state index contributed by atoms with van der Waals surface area (Å²) in [4.78, 5) is 16.6. The molecule has 0 aromatic heterocycles. The van der Waals surface area contributed by atoms with Crippen LogP contribution in [0.1, 0.15) is 19.8 Å². The van der Waals surface area contributed by atoms with Crippen molar-refractivity contribution in [3.8, 4) is 0 Å². The lowest BCUT2D eigenvalue weighted by Gasteiger charge is -2.35. The molecule has 2 saturated heterocycles. The minimum atomic E-state index is 0.0833. The average molecular weight is 255 g/mol. The van der Waals surface area contributed by atoms with Gasteiger partial charge >= 0.3 is 0 Å². The second-order valence-corrected chi connectivity index (χ2v) is 5.01. The van der Waals surface area contributed by atoms with E-state index in [0.29, 0.717) is 5.91 Å². The molecular weight excluding hydrogens is 230 g/mol. The quantitative estimate of drug-likeness (QED) is 0.698. The van der Waals surface area contributed by atoms with Crippen LogP contribution in [-0.2, 0) is 9.53 Å². The molecule has 0 spiro atoms. The van der Waals surface area contributed by atoms with Gasteiger partial charge in [-0.2, -0.15) is 0 Å². The summed E-state index contributed by atoms with van der Waals surface area (Å²) in [7, 11) is 0. The first-order chi connectivity index (χ1) is 8.81. The molecule has 0 aliphatic carbocycles. The fourth-order valence-electron chi connectivity index (χ4n) is 2.65. The maximum absolute atomic E-state index is 12.2. The van der Waals surface area contributed by atoms with Crippen molar-refractivity contribution in [3.63, 3.8) is 0 Å². The van der Waals surface area contributed by atoms with Gasteiger partial charge in [-0.25, -0.2) is 0 Å². The number of nitrogens with one attached hydrogen (secondary N) is 1. The summed E-state index contributed by atoms with van der Waals surface area (Å²) in [6.45, 7) is 9.26. The molecule has 5 heteroatoms. The predicted octanol–water partition coefficient (Wildman–Crippen LogP) is -0.0809. The van der Waals surface area contributed by atoms with E-state index in [4.69, 9.17) is 4.74 Å². The number of rotatable bonds is 5. The van der Waals surface area contributed by atoms with Crippen LogP contribution in [0.25, 0.3) is 0 Å². The zero-order chi connectivity index (χ0) is 12.8. The van der Waals surface area contributed by atoms with Crippen LogP contribution in [0.2, 0.25) is 0 Å². The summed E-state index contributed by atoms with van der Waals surface area (Å²) < 4.78 is 5.36. The van der Waals surface area contributed by atoms with E-state index in [1.54, 1.807) is 0 Å². The second kappa shape index (κ2) is 7.07. The van der Waals surface area contributed by atoms with Crippen LogP contribution >= 0.6 is 0 Å². The van der Waals surface area contributed by atoms with Crippen molar-refractivity contribution in [3.05, 3.63) is 0 Å². The van der Waals surface area contributed by atoms with Crippen LogP contribution in [0, 0.1) is 0 Å². The Bertz CT molecular complexity index is 259. The highest BCUT2D eigenvalue weighted by Crippen LogP contribution is 2.10. The summed E-state index contributed by atoms with van der Waals surface area (Å²) in [5.74, 6) is 0.303. The Kier molecular flexibility index (Phi) is 5.41. The topological polar surface area (TPSA) is 44.8 Å². The Labute approximate surface area is 109 Å². The summed E-state index contributed by atoms with van der Waals surface area (Å²) >= 11 is 0. The van der Waals surface area contributed by atoms with Gasteiger partial charge < -0.3 is 15.0 Å². The molecule has 2 fully saturated rings. The molecule has 1 N–H and O–H groups in total. The second-order valence-electron chi connectivity index (χ2n) is 5.01. The molecule has 5 nitrogen and oxygen atoms in total. The Morgan fingerprint density at radius 3 is 2.72 bits per heavy atom. The largest absolute Gasteiger partial charge is 0.380 e. The van der Waals surface area contributed by atoms with E-state index in [1.807, 2.05) is 11.8 Å².